The summed E-state index contributed by atoms with van der Waals surface area (Å²) >= 11 is 5.91. The van der Waals surface area contributed by atoms with E-state index in [1.165, 1.54) is 24.3 Å². The molecule has 4 aromatic rings. The van der Waals surface area contributed by atoms with Crippen LogP contribution in [0.1, 0.15) is 0 Å². The van der Waals surface area contributed by atoms with Gasteiger partial charge >= 0.3 is 0 Å². The Bertz CT molecular complexity index is 1380. The van der Waals surface area contributed by atoms with Gasteiger partial charge in [0, 0.05) is 16.5 Å². The third kappa shape index (κ3) is 2.27. The lowest BCUT2D eigenvalue weighted by Crippen LogP contribution is -2.32. The lowest BCUT2D eigenvalue weighted by Gasteiger charge is -2.09. The topological polar surface area (TPSA) is 128 Å². The normalized spacial score (nSPS) is 11.3. The maximum atomic E-state index is 12.8. The molecule has 0 bridgehead atoms. The van der Waals surface area contributed by atoms with Crippen molar-refractivity contribution in [3.05, 3.63) is 72.4 Å². The van der Waals surface area contributed by atoms with Crippen LogP contribution in [0.3, 0.4) is 0 Å². The molecule has 2 aromatic heterocycles. The zero-order valence-electron chi connectivity index (χ0n) is 12.9. The van der Waals surface area contributed by atoms with Gasteiger partial charge in [-0.15, -0.1) is 0 Å². The fourth-order valence-corrected chi connectivity index (χ4v) is 2.96. The number of rotatable bonds is 1. The molecule has 2 heterocycles. The van der Waals surface area contributed by atoms with Gasteiger partial charge in [-0.2, -0.15) is 0 Å². The van der Waals surface area contributed by atoms with Gasteiger partial charge in [-0.25, -0.2) is 4.68 Å². The average Bonchev–Trinajstić information content (AvgIpc) is 2.60. The first-order valence-electron chi connectivity index (χ1n) is 7.40. The molecule has 0 aliphatic carbocycles. The Hall–Kier alpha value is -3.52. The van der Waals surface area contributed by atoms with Crippen molar-refractivity contribution in [2.45, 2.75) is 0 Å². The summed E-state index contributed by atoms with van der Waals surface area (Å²) in [5, 5.41) is 21.6. The van der Waals surface area contributed by atoms with E-state index in [0.717, 1.165) is 16.8 Å². The lowest BCUT2D eigenvalue weighted by atomic mass is 10.1. The number of phenolic OH excluding ortho intramolecular Hbond substituents is 2. The number of halogens is 1. The van der Waals surface area contributed by atoms with Gasteiger partial charge < -0.3 is 15.2 Å². The minimum atomic E-state index is -0.775. The van der Waals surface area contributed by atoms with E-state index in [9.17, 15) is 24.6 Å². The molecular weight excluding hydrogens is 362 g/mol. The zero-order valence-corrected chi connectivity index (χ0v) is 13.7. The van der Waals surface area contributed by atoms with Crippen molar-refractivity contribution in [1.29, 1.82) is 0 Å². The van der Waals surface area contributed by atoms with Crippen LogP contribution in [0.25, 0.3) is 27.5 Å². The van der Waals surface area contributed by atoms with Crippen LogP contribution in [-0.4, -0.2) is 25.0 Å². The summed E-state index contributed by atoms with van der Waals surface area (Å²) in [4.78, 5) is 40.8. The number of hydrogen-bond donors (Lipinski definition) is 4. The van der Waals surface area contributed by atoms with E-state index in [-0.39, 0.29) is 27.7 Å². The molecule has 0 saturated carbocycles. The zero-order chi connectivity index (χ0) is 18.6. The summed E-state index contributed by atoms with van der Waals surface area (Å²) in [5.41, 5.74) is -1.85. The second-order valence-corrected chi connectivity index (χ2v) is 6.08. The Labute approximate surface area is 148 Å². The number of H-pyrrole nitrogens is 2. The smallest absolute Gasteiger partial charge is 0.287 e. The van der Waals surface area contributed by atoms with Crippen molar-refractivity contribution in [2.24, 2.45) is 0 Å². The molecule has 0 unspecified atom stereocenters. The van der Waals surface area contributed by atoms with Crippen LogP contribution in [0.5, 0.6) is 11.5 Å². The number of nitrogens with zero attached hydrogens (tertiary/aromatic N) is 1. The number of benzene rings is 2. The second-order valence-electron chi connectivity index (χ2n) is 5.65. The van der Waals surface area contributed by atoms with Crippen LogP contribution in [0.15, 0.2) is 50.8 Å². The molecule has 9 heteroatoms. The van der Waals surface area contributed by atoms with Crippen molar-refractivity contribution in [2.75, 3.05) is 0 Å². The van der Waals surface area contributed by atoms with E-state index in [1.54, 1.807) is 0 Å². The Morgan fingerprint density at radius 3 is 2.46 bits per heavy atom. The van der Waals surface area contributed by atoms with Gasteiger partial charge in [-0.1, -0.05) is 11.6 Å². The highest BCUT2D eigenvalue weighted by molar-refractivity contribution is 6.31. The quantitative estimate of drug-likeness (QED) is 0.298. The Morgan fingerprint density at radius 1 is 0.962 bits per heavy atom. The monoisotopic (exact) mass is 371 g/mol. The van der Waals surface area contributed by atoms with Crippen molar-refractivity contribution in [3.8, 4) is 17.2 Å². The molecule has 26 heavy (non-hydrogen) atoms. The van der Waals surface area contributed by atoms with E-state index >= 15 is 0 Å². The van der Waals surface area contributed by atoms with Crippen LogP contribution in [0, 0.1) is 0 Å². The molecule has 0 radical (unpaired) electrons. The maximum absolute atomic E-state index is 12.8. The molecule has 2 aromatic carbocycles. The van der Waals surface area contributed by atoms with Crippen molar-refractivity contribution >= 4 is 33.4 Å². The molecule has 0 atom stereocenters. The average molecular weight is 372 g/mol. The third-order valence-corrected chi connectivity index (χ3v) is 4.27. The maximum Gasteiger partial charge on any atom is 0.287 e. The molecule has 8 nitrogen and oxygen atoms in total. The summed E-state index contributed by atoms with van der Waals surface area (Å²) in [6.45, 7) is 0. The molecule has 130 valence electrons. The summed E-state index contributed by atoms with van der Waals surface area (Å²) in [7, 11) is 0. The highest BCUT2D eigenvalue weighted by atomic mass is 35.5. The minimum absolute atomic E-state index is 0.0832. The number of aromatic amines is 2. The summed E-state index contributed by atoms with van der Waals surface area (Å²) in [6, 6.07) is 8.02. The fourth-order valence-electron chi connectivity index (χ4n) is 2.79. The van der Waals surface area contributed by atoms with Gasteiger partial charge in [-0.05, 0) is 30.3 Å². The Morgan fingerprint density at radius 2 is 1.73 bits per heavy atom. The van der Waals surface area contributed by atoms with Crippen LogP contribution < -0.4 is 16.5 Å². The molecule has 4 rings (SSSR count). The molecule has 0 aliphatic heterocycles. The molecule has 0 saturated heterocycles. The fraction of sp³-hybridized carbons (Fsp3) is 0. The minimum Gasteiger partial charge on any atom is -0.504 e. The SMILES string of the molecule is O=c1[nH]n(-c2ccc(O)c(O)c2)c(=O)c2c(=O)c3ccc(Cl)cc3[nH]c12. The summed E-state index contributed by atoms with van der Waals surface area (Å²) < 4.78 is 0.834. The highest BCUT2D eigenvalue weighted by Crippen LogP contribution is 2.25. The van der Waals surface area contributed by atoms with Gasteiger partial charge in [0.25, 0.3) is 11.1 Å². The second kappa shape index (κ2) is 5.50. The number of aromatic nitrogens is 3. The van der Waals surface area contributed by atoms with E-state index in [4.69, 9.17) is 11.6 Å². The first kappa shape index (κ1) is 16.0. The largest absolute Gasteiger partial charge is 0.504 e. The van der Waals surface area contributed by atoms with E-state index in [0.29, 0.717) is 10.5 Å². The number of hydrogen-bond acceptors (Lipinski definition) is 5. The van der Waals surface area contributed by atoms with Crippen molar-refractivity contribution in [1.82, 2.24) is 14.8 Å². The van der Waals surface area contributed by atoms with Crippen LogP contribution in [0.4, 0.5) is 0 Å². The lowest BCUT2D eigenvalue weighted by molar-refractivity contribution is 0.403. The molecule has 4 N–H and O–H groups in total. The Balaban J connectivity index is 2.16. The van der Waals surface area contributed by atoms with Crippen molar-refractivity contribution < 1.29 is 10.2 Å². The van der Waals surface area contributed by atoms with Crippen LogP contribution in [0.2, 0.25) is 5.02 Å². The number of aromatic hydroxyl groups is 2. The molecule has 0 fully saturated rings. The number of fused-ring (bicyclic) bond motifs is 2. The van der Waals surface area contributed by atoms with Gasteiger partial charge in [-0.3, -0.25) is 19.5 Å². The van der Waals surface area contributed by atoms with E-state index < -0.39 is 22.3 Å². The molecule has 0 spiro atoms. The van der Waals surface area contributed by atoms with Gasteiger partial charge in [0.1, 0.15) is 10.9 Å². The van der Waals surface area contributed by atoms with Crippen LogP contribution in [-0.2, 0) is 0 Å². The molecule has 0 amide bonds. The third-order valence-electron chi connectivity index (χ3n) is 4.04. The number of phenols is 2. The number of nitrogens with one attached hydrogen (secondary N) is 2. The summed E-state index contributed by atoms with van der Waals surface area (Å²) in [5.74, 6) is -0.858. The Kier molecular flexibility index (Phi) is 3.38. The summed E-state index contributed by atoms with van der Waals surface area (Å²) in [6.07, 6.45) is 0. The van der Waals surface area contributed by atoms with Crippen LogP contribution >= 0.6 is 11.6 Å². The van der Waals surface area contributed by atoms with Gasteiger partial charge in [0.2, 0.25) is 5.43 Å². The predicted octanol–water partition coefficient (Wildman–Crippen LogP) is 1.59. The number of pyridine rings is 1. The van der Waals surface area contributed by atoms with Gasteiger partial charge in [0.15, 0.2) is 11.5 Å². The standard InChI is InChI=1S/C17H10ClN3O5/c18-7-1-3-9-10(5-7)19-14-13(15(9)24)17(26)21(20-16(14)25)8-2-4-11(22)12(23)6-8/h1-6,22-23H,(H,19,24)(H,20,25). The highest BCUT2D eigenvalue weighted by Gasteiger charge is 2.16. The molecular formula is C17H10ClN3O5. The predicted molar refractivity (Wildman–Crippen MR) is 96.6 cm³/mol. The van der Waals surface area contributed by atoms with Crippen molar-refractivity contribution in [3.63, 3.8) is 0 Å². The van der Waals surface area contributed by atoms with E-state index in [1.807, 2.05) is 0 Å². The first-order valence-corrected chi connectivity index (χ1v) is 7.77. The molecule has 0 aliphatic rings. The van der Waals surface area contributed by atoms with E-state index in [2.05, 4.69) is 10.1 Å². The first-order chi connectivity index (χ1) is 12.4. The van der Waals surface area contributed by atoms with Gasteiger partial charge in [0.05, 0.1) is 11.2 Å².